The van der Waals surface area contributed by atoms with Crippen molar-refractivity contribution in [3.63, 3.8) is 0 Å². The topological polar surface area (TPSA) is 93.1 Å². The standard InChI is InChI=1S/C14H32O6Si3/c1-11(9-12(13(15)16)14(17)18)10-23(8,19-21(2,3)4)20-22(5,6)7/h11-12H,9-10H2,1-8H3,(H,15,16)(H,17,18). The average molecular weight is 381 g/mol. The summed E-state index contributed by atoms with van der Waals surface area (Å²) in [7, 11) is -6.12. The Morgan fingerprint density at radius 1 is 0.870 bits per heavy atom. The third-order valence-electron chi connectivity index (χ3n) is 3.00. The zero-order valence-electron chi connectivity index (χ0n) is 15.6. The summed E-state index contributed by atoms with van der Waals surface area (Å²) in [6.07, 6.45) is 0.0946. The first kappa shape index (κ1) is 22.5. The highest BCUT2D eigenvalue weighted by Gasteiger charge is 2.42. The van der Waals surface area contributed by atoms with Gasteiger partial charge in [-0.15, -0.1) is 0 Å². The van der Waals surface area contributed by atoms with Crippen LogP contribution in [-0.2, 0) is 17.8 Å². The van der Waals surface area contributed by atoms with Gasteiger partial charge in [-0.3, -0.25) is 9.59 Å². The van der Waals surface area contributed by atoms with Gasteiger partial charge < -0.3 is 18.4 Å². The number of carboxylic acid groups (broad SMARTS) is 2. The quantitative estimate of drug-likeness (QED) is 0.444. The van der Waals surface area contributed by atoms with Crippen LogP contribution < -0.4 is 0 Å². The van der Waals surface area contributed by atoms with Crippen LogP contribution in [0, 0.1) is 11.8 Å². The minimum atomic E-state index is -2.48. The summed E-state index contributed by atoms with van der Waals surface area (Å²) in [5.41, 5.74) is 0. The maximum atomic E-state index is 11.1. The Hall–Kier alpha value is -0.489. The summed E-state index contributed by atoms with van der Waals surface area (Å²) >= 11 is 0. The fourth-order valence-corrected chi connectivity index (χ4v) is 15.8. The van der Waals surface area contributed by atoms with Crippen LogP contribution in [0.15, 0.2) is 0 Å². The maximum Gasteiger partial charge on any atom is 0.317 e. The van der Waals surface area contributed by atoms with Crippen LogP contribution in [0.1, 0.15) is 13.3 Å². The molecule has 0 aliphatic rings. The molecule has 0 aromatic heterocycles. The number of hydrogen-bond donors (Lipinski definition) is 2. The number of aliphatic carboxylic acids is 2. The number of carbonyl (C=O) groups is 2. The van der Waals surface area contributed by atoms with E-state index in [0.29, 0.717) is 6.04 Å². The Bertz CT molecular complexity index is 397. The molecular weight excluding hydrogens is 348 g/mol. The molecule has 2 N–H and O–H groups in total. The van der Waals surface area contributed by atoms with Gasteiger partial charge in [-0.25, -0.2) is 0 Å². The summed E-state index contributed by atoms with van der Waals surface area (Å²) in [6.45, 7) is 16.5. The fraction of sp³-hybridized carbons (Fsp3) is 0.857. The summed E-state index contributed by atoms with van der Waals surface area (Å²) < 4.78 is 12.7. The monoisotopic (exact) mass is 380 g/mol. The van der Waals surface area contributed by atoms with Crippen molar-refractivity contribution in [2.24, 2.45) is 11.8 Å². The molecule has 1 atom stereocenters. The van der Waals surface area contributed by atoms with Crippen LogP contribution >= 0.6 is 0 Å². The lowest BCUT2D eigenvalue weighted by Crippen LogP contribution is -2.53. The van der Waals surface area contributed by atoms with Crippen molar-refractivity contribution in [3.8, 4) is 0 Å². The molecule has 0 aliphatic heterocycles. The number of carboxylic acids is 2. The molecule has 0 amide bonds. The van der Waals surface area contributed by atoms with Crippen molar-refractivity contribution in [3.05, 3.63) is 0 Å². The predicted molar refractivity (Wildman–Crippen MR) is 97.8 cm³/mol. The molecule has 0 heterocycles. The molecular formula is C14H32O6Si3. The van der Waals surface area contributed by atoms with Crippen molar-refractivity contribution in [1.82, 2.24) is 0 Å². The van der Waals surface area contributed by atoms with Gasteiger partial charge in [-0.2, -0.15) is 0 Å². The van der Waals surface area contributed by atoms with E-state index in [4.69, 9.17) is 18.4 Å². The zero-order chi connectivity index (χ0) is 18.6. The van der Waals surface area contributed by atoms with Gasteiger partial charge >= 0.3 is 20.5 Å². The molecule has 0 aliphatic carbocycles. The lowest BCUT2D eigenvalue weighted by Gasteiger charge is -2.40. The predicted octanol–water partition coefficient (Wildman–Crippen LogP) is 3.57. The second kappa shape index (κ2) is 8.06. The molecule has 0 saturated heterocycles. The summed E-state index contributed by atoms with van der Waals surface area (Å²) in [6, 6.07) is 0.610. The van der Waals surface area contributed by atoms with Crippen molar-refractivity contribution >= 4 is 37.1 Å². The molecule has 0 spiro atoms. The van der Waals surface area contributed by atoms with E-state index < -0.39 is 43.1 Å². The van der Waals surface area contributed by atoms with Crippen LogP contribution in [0.2, 0.25) is 51.9 Å². The molecule has 0 aromatic carbocycles. The van der Waals surface area contributed by atoms with E-state index in [1.165, 1.54) is 0 Å². The van der Waals surface area contributed by atoms with Crippen molar-refractivity contribution in [2.75, 3.05) is 0 Å². The van der Waals surface area contributed by atoms with Crippen LogP contribution in [-0.4, -0.2) is 47.3 Å². The highest BCUT2D eigenvalue weighted by Crippen LogP contribution is 2.30. The first-order valence-corrected chi connectivity index (χ1v) is 17.2. The lowest BCUT2D eigenvalue weighted by atomic mass is 9.97. The van der Waals surface area contributed by atoms with Crippen molar-refractivity contribution < 1.29 is 28.0 Å². The Morgan fingerprint density at radius 3 is 1.48 bits per heavy atom. The van der Waals surface area contributed by atoms with E-state index in [1.807, 2.05) is 13.5 Å². The Labute approximate surface area is 142 Å². The zero-order valence-corrected chi connectivity index (χ0v) is 18.6. The van der Waals surface area contributed by atoms with E-state index in [0.717, 1.165) is 0 Å². The van der Waals surface area contributed by atoms with Gasteiger partial charge in [0.25, 0.3) is 0 Å². The second-order valence-corrected chi connectivity index (χ2v) is 21.1. The molecule has 0 bridgehead atoms. The van der Waals surface area contributed by atoms with Gasteiger partial charge in [0, 0.05) is 0 Å². The van der Waals surface area contributed by atoms with E-state index >= 15 is 0 Å². The Kier molecular flexibility index (Phi) is 7.89. The molecule has 6 nitrogen and oxygen atoms in total. The van der Waals surface area contributed by atoms with Crippen molar-refractivity contribution in [2.45, 2.75) is 65.2 Å². The highest BCUT2D eigenvalue weighted by atomic mass is 28.5. The third kappa shape index (κ3) is 10.1. The summed E-state index contributed by atoms with van der Waals surface area (Å²) in [5.74, 6) is -4.03. The fourth-order valence-electron chi connectivity index (χ4n) is 2.83. The molecule has 0 fully saturated rings. The van der Waals surface area contributed by atoms with Crippen LogP contribution in [0.5, 0.6) is 0 Å². The molecule has 0 rings (SSSR count). The van der Waals surface area contributed by atoms with E-state index in [1.54, 1.807) is 0 Å². The molecule has 1 unspecified atom stereocenters. The van der Waals surface area contributed by atoms with E-state index in [-0.39, 0.29) is 12.3 Å². The van der Waals surface area contributed by atoms with Crippen LogP contribution in [0.3, 0.4) is 0 Å². The van der Waals surface area contributed by atoms with Gasteiger partial charge in [0.2, 0.25) is 0 Å². The molecule has 0 saturated carbocycles. The number of rotatable bonds is 10. The van der Waals surface area contributed by atoms with Gasteiger partial charge in [0.05, 0.1) is 0 Å². The van der Waals surface area contributed by atoms with Gasteiger partial charge in [0.15, 0.2) is 22.6 Å². The maximum absolute atomic E-state index is 11.1. The largest absolute Gasteiger partial charge is 0.481 e. The van der Waals surface area contributed by atoms with Gasteiger partial charge in [-0.1, -0.05) is 6.92 Å². The lowest BCUT2D eigenvalue weighted by molar-refractivity contribution is -0.155. The third-order valence-corrected chi connectivity index (χ3v) is 12.8. The SMILES string of the molecule is CC(CC(C(=O)O)C(=O)O)C[Si](C)(O[Si](C)(C)C)O[Si](C)(C)C. The minimum absolute atomic E-state index is 0.0865. The molecule has 0 aromatic rings. The summed E-state index contributed by atoms with van der Waals surface area (Å²) in [4.78, 5) is 22.2. The molecule has 0 radical (unpaired) electrons. The van der Waals surface area contributed by atoms with Crippen LogP contribution in [0.25, 0.3) is 0 Å². The average Bonchev–Trinajstić information content (AvgIpc) is 2.18. The Balaban J connectivity index is 5.14. The Morgan fingerprint density at radius 2 is 1.22 bits per heavy atom. The normalized spacial score (nSPS) is 14.8. The minimum Gasteiger partial charge on any atom is -0.481 e. The highest BCUT2D eigenvalue weighted by molar-refractivity contribution is 6.87. The van der Waals surface area contributed by atoms with Gasteiger partial charge in [0.1, 0.15) is 0 Å². The van der Waals surface area contributed by atoms with E-state index in [2.05, 4.69) is 39.3 Å². The first-order valence-electron chi connectivity index (χ1n) is 7.90. The molecule has 136 valence electrons. The first-order chi connectivity index (χ1) is 10.0. The molecule has 23 heavy (non-hydrogen) atoms. The second-order valence-electron chi connectivity index (χ2n) is 8.34. The van der Waals surface area contributed by atoms with E-state index in [9.17, 15) is 9.59 Å². The summed E-state index contributed by atoms with van der Waals surface area (Å²) in [5, 5.41) is 18.1. The smallest absolute Gasteiger partial charge is 0.317 e. The van der Waals surface area contributed by atoms with Crippen LogP contribution in [0.4, 0.5) is 0 Å². The van der Waals surface area contributed by atoms with Gasteiger partial charge in [-0.05, 0) is 64.2 Å². The number of hydrogen-bond acceptors (Lipinski definition) is 4. The molecule has 9 heteroatoms. The van der Waals surface area contributed by atoms with Crippen molar-refractivity contribution in [1.29, 1.82) is 0 Å².